The van der Waals surface area contributed by atoms with Crippen LogP contribution in [0.2, 0.25) is 0 Å². The number of hydrogen-bond donors (Lipinski definition) is 2. The summed E-state index contributed by atoms with van der Waals surface area (Å²) in [7, 11) is 2.13. The van der Waals surface area contributed by atoms with Crippen molar-refractivity contribution in [2.24, 2.45) is 5.73 Å². The lowest BCUT2D eigenvalue weighted by atomic mass is 9.91. The van der Waals surface area contributed by atoms with E-state index in [1.807, 2.05) is 0 Å². The van der Waals surface area contributed by atoms with Crippen LogP contribution in [0.25, 0.3) is 5.70 Å². The molecule has 1 aromatic carbocycles. The fraction of sp³-hybridized carbons (Fsp3) is 0.250. The molecule has 3 heteroatoms. The molecule has 1 aliphatic carbocycles. The molecule has 0 spiro atoms. The molecule has 0 radical (unpaired) electrons. The van der Waals surface area contributed by atoms with E-state index >= 15 is 0 Å². The van der Waals surface area contributed by atoms with Gasteiger partial charge in [0, 0.05) is 42.7 Å². The highest BCUT2D eigenvalue weighted by Crippen LogP contribution is 2.40. The summed E-state index contributed by atoms with van der Waals surface area (Å²) < 4.78 is 0. The van der Waals surface area contributed by atoms with E-state index in [-0.39, 0.29) is 0 Å². The standard InChI is InChI=1S/C16H19N3/c1-19-14-8-4-2-6-12(14)16(18-11-10-17)13-7-3-5-9-15(13)19/h2-6,8-9,18H,7,10-11,17H2,1H3. The molecule has 98 valence electrons. The van der Waals surface area contributed by atoms with Crippen molar-refractivity contribution in [1.82, 2.24) is 5.32 Å². The molecule has 2 aliphatic rings. The molecule has 0 atom stereocenters. The molecule has 19 heavy (non-hydrogen) atoms. The largest absolute Gasteiger partial charge is 0.383 e. The van der Waals surface area contributed by atoms with Gasteiger partial charge in [0.05, 0.1) is 5.69 Å². The highest BCUT2D eigenvalue weighted by Gasteiger charge is 2.26. The maximum atomic E-state index is 5.64. The van der Waals surface area contributed by atoms with E-state index in [0.717, 1.165) is 13.0 Å². The van der Waals surface area contributed by atoms with Gasteiger partial charge in [0.25, 0.3) is 0 Å². The lowest BCUT2D eigenvalue weighted by molar-refractivity contribution is 0.842. The quantitative estimate of drug-likeness (QED) is 0.868. The number of nitrogens with zero attached hydrogens (tertiary/aromatic N) is 1. The molecular formula is C16H19N3. The van der Waals surface area contributed by atoms with Crippen molar-refractivity contribution in [2.75, 3.05) is 25.0 Å². The van der Waals surface area contributed by atoms with Gasteiger partial charge in [-0.05, 0) is 18.6 Å². The first kappa shape index (κ1) is 12.1. The Morgan fingerprint density at radius 1 is 1.32 bits per heavy atom. The van der Waals surface area contributed by atoms with Gasteiger partial charge in [-0.3, -0.25) is 0 Å². The van der Waals surface area contributed by atoms with E-state index < -0.39 is 0 Å². The predicted octanol–water partition coefficient (Wildman–Crippen LogP) is 2.24. The second-order valence-corrected chi connectivity index (χ2v) is 4.83. The van der Waals surface area contributed by atoms with E-state index in [2.05, 4.69) is 59.8 Å². The minimum Gasteiger partial charge on any atom is -0.383 e. The van der Waals surface area contributed by atoms with Gasteiger partial charge in [0.15, 0.2) is 0 Å². The van der Waals surface area contributed by atoms with Crippen LogP contribution in [0.5, 0.6) is 0 Å². The zero-order chi connectivity index (χ0) is 13.2. The number of fused-ring (bicyclic) bond motifs is 2. The predicted molar refractivity (Wildman–Crippen MR) is 80.7 cm³/mol. The third-order valence-corrected chi connectivity index (χ3v) is 3.67. The molecule has 0 aromatic heterocycles. The van der Waals surface area contributed by atoms with Gasteiger partial charge < -0.3 is 16.0 Å². The van der Waals surface area contributed by atoms with Crippen LogP contribution >= 0.6 is 0 Å². The van der Waals surface area contributed by atoms with Crippen molar-refractivity contribution in [1.29, 1.82) is 0 Å². The Kier molecular flexibility index (Phi) is 3.13. The Balaban J connectivity index is 2.15. The van der Waals surface area contributed by atoms with Crippen LogP contribution in [-0.2, 0) is 0 Å². The van der Waals surface area contributed by atoms with Crippen LogP contribution in [0, 0.1) is 0 Å². The third kappa shape index (κ3) is 1.96. The molecule has 1 aliphatic heterocycles. The molecule has 0 saturated heterocycles. The number of nitrogens with one attached hydrogen (secondary N) is 1. The van der Waals surface area contributed by atoms with Crippen LogP contribution in [0.1, 0.15) is 12.0 Å². The summed E-state index contributed by atoms with van der Waals surface area (Å²) in [5.74, 6) is 0. The van der Waals surface area contributed by atoms with Gasteiger partial charge in [-0.15, -0.1) is 0 Å². The summed E-state index contributed by atoms with van der Waals surface area (Å²) in [6.07, 6.45) is 7.48. The molecule has 0 saturated carbocycles. The molecule has 0 amide bonds. The molecular weight excluding hydrogens is 234 g/mol. The molecule has 3 rings (SSSR count). The SMILES string of the molecule is CN1C2=CC=CCC2=C(NCCN)c2ccccc21. The minimum absolute atomic E-state index is 0.643. The van der Waals surface area contributed by atoms with Gasteiger partial charge in [-0.2, -0.15) is 0 Å². The molecule has 1 heterocycles. The number of allylic oxidation sites excluding steroid dienone is 4. The Bertz CT molecular complexity index is 581. The smallest absolute Gasteiger partial charge is 0.0502 e. The first-order valence-corrected chi connectivity index (χ1v) is 6.70. The molecule has 1 aromatic rings. The minimum atomic E-state index is 0.643. The number of hydrogen-bond acceptors (Lipinski definition) is 3. The summed E-state index contributed by atoms with van der Waals surface area (Å²) >= 11 is 0. The monoisotopic (exact) mass is 253 g/mol. The number of anilines is 1. The van der Waals surface area contributed by atoms with Gasteiger partial charge in [-0.25, -0.2) is 0 Å². The summed E-state index contributed by atoms with van der Waals surface area (Å²) in [5, 5.41) is 3.50. The fourth-order valence-electron chi connectivity index (χ4n) is 2.76. The lowest BCUT2D eigenvalue weighted by Gasteiger charge is -2.35. The van der Waals surface area contributed by atoms with E-state index in [1.165, 1.54) is 28.2 Å². The average molecular weight is 253 g/mol. The van der Waals surface area contributed by atoms with E-state index in [9.17, 15) is 0 Å². The second kappa shape index (κ2) is 4.94. The maximum absolute atomic E-state index is 5.64. The van der Waals surface area contributed by atoms with Crippen LogP contribution < -0.4 is 16.0 Å². The summed E-state index contributed by atoms with van der Waals surface area (Å²) in [6.45, 7) is 1.44. The van der Waals surface area contributed by atoms with Gasteiger partial charge >= 0.3 is 0 Å². The number of likely N-dealkylation sites (N-methyl/N-ethyl adjacent to an activating group) is 1. The molecule has 3 N–H and O–H groups in total. The average Bonchev–Trinajstić information content (AvgIpc) is 2.47. The topological polar surface area (TPSA) is 41.3 Å². The van der Waals surface area contributed by atoms with Gasteiger partial charge in [0.1, 0.15) is 0 Å². The van der Waals surface area contributed by atoms with Crippen LogP contribution in [-0.4, -0.2) is 20.1 Å². The lowest BCUT2D eigenvalue weighted by Crippen LogP contribution is -2.30. The van der Waals surface area contributed by atoms with Crippen molar-refractivity contribution < 1.29 is 0 Å². The van der Waals surface area contributed by atoms with Crippen molar-refractivity contribution in [3.63, 3.8) is 0 Å². The number of para-hydroxylation sites is 1. The van der Waals surface area contributed by atoms with E-state index in [4.69, 9.17) is 5.73 Å². The summed E-state index contributed by atoms with van der Waals surface area (Å²) in [6, 6.07) is 8.51. The fourth-order valence-corrected chi connectivity index (χ4v) is 2.76. The Hall–Kier alpha value is -2.00. The molecule has 0 unspecified atom stereocenters. The third-order valence-electron chi connectivity index (χ3n) is 3.67. The molecule has 0 fully saturated rings. The summed E-state index contributed by atoms with van der Waals surface area (Å²) in [5.41, 5.74) is 12.0. The summed E-state index contributed by atoms with van der Waals surface area (Å²) in [4.78, 5) is 2.27. The van der Waals surface area contributed by atoms with Gasteiger partial charge in [0.2, 0.25) is 0 Å². The van der Waals surface area contributed by atoms with Crippen molar-refractivity contribution in [3.8, 4) is 0 Å². The maximum Gasteiger partial charge on any atom is 0.0502 e. The van der Waals surface area contributed by atoms with Gasteiger partial charge in [-0.1, -0.05) is 30.4 Å². The number of benzene rings is 1. The van der Waals surface area contributed by atoms with Crippen LogP contribution in [0.3, 0.4) is 0 Å². The number of nitrogens with two attached hydrogens (primary N) is 1. The Morgan fingerprint density at radius 2 is 2.16 bits per heavy atom. The van der Waals surface area contributed by atoms with Crippen molar-refractivity contribution in [2.45, 2.75) is 6.42 Å². The Labute approximate surface area is 114 Å². The number of rotatable bonds is 3. The first-order chi connectivity index (χ1) is 9.33. The second-order valence-electron chi connectivity index (χ2n) is 4.83. The molecule has 3 nitrogen and oxygen atoms in total. The molecule has 0 bridgehead atoms. The highest BCUT2D eigenvalue weighted by molar-refractivity contribution is 5.86. The zero-order valence-corrected chi connectivity index (χ0v) is 11.2. The normalized spacial score (nSPS) is 16.9. The first-order valence-electron chi connectivity index (χ1n) is 6.70. The van der Waals surface area contributed by atoms with E-state index in [1.54, 1.807) is 0 Å². The Morgan fingerprint density at radius 3 is 3.00 bits per heavy atom. The van der Waals surface area contributed by atoms with Crippen LogP contribution in [0.4, 0.5) is 5.69 Å². The van der Waals surface area contributed by atoms with Crippen LogP contribution in [0.15, 0.2) is 53.8 Å². The highest BCUT2D eigenvalue weighted by atomic mass is 15.1. The van der Waals surface area contributed by atoms with Crippen molar-refractivity contribution in [3.05, 3.63) is 59.3 Å². The van der Waals surface area contributed by atoms with Crippen molar-refractivity contribution >= 4 is 11.4 Å². The zero-order valence-electron chi connectivity index (χ0n) is 11.2. The van der Waals surface area contributed by atoms with E-state index in [0.29, 0.717) is 6.54 Å².